The maximum Gasteiger partial charge on any atom is 0.0540 e. The second-order valence-corrected chi connectivity index (χ2v) is 6.87. The topological polar surface area (TPSA) is 29.9 Å². The van der Waals surface area contributed by atoms with Gasteiger partial charge in [-0.1, -0.05) is 26.2 Å². The Morgan fingerprint density at radius 2 is 2.11 bits per heavy atom. The molecular formula is C16H27N3. The molecule has 1 N–H and O–H groups in total. The summed E-state index contributed by atoms with van der Waals surface area (Å²) in [7, 11) is 2.07. The summed E-state index contributed by atoms with van der Waals surface area (Å²) in [5, 5.41) is 8.29. The summed E-state index contributed by atoms with van der Waals surface area (Å²) in [6.07, 6.45) is 12.9. The summed E-state index contributed by atoms with van der Waals surface area (Å²) in [5.41, 5.74) is 3.42. The van der Waals surface area contributed by atoms with E-state index in [1.54, 1.807) is 0 Å². The first-order valence-corrected chi connectivity index (χ1v) is 7.92. The summed E-state index contributed by atoms with van der Waals surface area (Å²) < 4.78 is 2.06. The van der Waals surface area contributed by atoms with Crippen LogP contribution in [0.25, 0.3) is 0 Å². The highest BCUT2D eigenvalue weighted by Gasteiger charge is 2.29. The molecule has 1 saturated carbocycles. The Bertz CT molecular complexity index is 429. The van der Waals surface area contributed by atoms with Crippen molar-refractivity contribution in [3.8, 4) is 0 Å². The zero-order chi connectivity index (χ0) is 13.3. The summed E-state index contributed by atoms with van der Waals surface area (Å²) in [5.74, 6) is 0. The van der Waals surface area contributed by atoms with Gasteiger partial charge in [-0.05, 0) is 37.5 Å². The minimum absolute atomic E-state index is 0.526. The molecule has 2 aliphatic carbocycles. The van der Waals surface area contributed by atoms with Crippen molar-refractivity contribution < 1.29 is 0 Å². The maximum absolute atomic E-state index is 4.44. The van der Waals surface area contributed by atoms with Crippen LogP contribution in [0.15, 0.2) is 6.20 Å². The minimum atomic E-state index is 0.526. The first-order chi connectivity index (χ1) is 9.18. The van der Waals surface area contributed by atoms with Crippen LogP contribution < -0.4 is 5.32 Å². The quantitative estimate of drug-likeness (QED) is 0.904. The number of rotatable bonds is 3. The molecule has 0 radical (unpaired) electrons. The van der Waals surface area contributed by atoms with Gasteiger partial charge in [-0.2, -0.15) is 5.10 Å². The van der Waals surface area contributed by atoms with Gasteiger partial charge in [-0.25, -0.2) is 0 Å². The van der Waals surface area contributed by atoms with E-state index in [1.165, 1.54) is 69.2 Å². The highest BCUT2D eigenvalue weighted by molar-refractivity contribution is 5.24. The van der Waals surface area contributed by atoms with Crippen LogP contribution >= 0.6 is 0 Å². The molecule has 1 fully saturated rings. The van der Waals surface area contributed by atoms with Crippen molar-refractivity contribution in [2.24, 2.45) is 12.5 Å². The third kappa shape index (κ3) is 2.71. The summed E-state index contributed by atoms with van der Waals surface area (Å²) >= 11 is 0. The molecule has 0 aliphatic heterocycles. The van der Waals surface area contributed by atoms with Gasteiger partial charge in [0, 0.05) is 30.9 Å². The lowest BCUT2D eigenvalue weighted by atomic mass is 9.75. The third-order valence-corrected chi connectivity index (χ3v) is 5.21. The molecule has 1 atom stereocenters. The molecule has 106 valence electrons. The molecular weight excluding hydrogens is 234 g/mol. The first-order valence-electron chi connectivity index (χ1n) is 7.92. The van der Waals surface area contributed by atoms with Crippen LogP contribution in [0.4, 0.5) is 0 Å². The van der Waals surface area contributed by atoms with Gasteiger partial charge in [-0.15, -0.1) is 0 Å². The van der Waals surface area contributed by atoms with Crippen molar-refractivity contribution in [2.45, 2.75) is 64.3 Å². The van der Waals surface area contributed by atoms with Gasteiger partial charge < -0.3 is 5.32 Å². The molecule has 0 saturated heterocycles. The Morgan fingerprint density at radius 1 is 1.32 bits per heavy atom. The zero-order valence-electron chi connectivity index (χ0n) is 12.4. The van der Waals surface area contributed by atoms with E-state index in [9.17, 15) is 0 Å². The van der Waals surface area contributed by atoms with Crippen LogP contribution in [0.1, 0.15) is 69.2 Å². The average molecular weight is 261 g/mol. The van der Waals surface area contributed by atoms with Gasteiger partial charge in [0.15, 0.2) is 0 Å². The summed E-state index contributed by atoms with van der Waals surface area (Å²) in [4.78, 5) is 0. The smallest absolute Gasteiger partial charge is 0.0540 e. The van der Waals surface area contributed by atoms with E-state index in [2.05, 4.69) is 35.3 Å². The fraction of sp³-hybridized carbons (Fsp3) is 0.812. The van der Waals surface area contributed by atoms with E-state index in [4.69, 9.17) is 0 Å². The van der Waals surface area contributed by atoms with Crippen molar-refractivity contribution in [3.63, 3.8) is 0 Å². The Labute approximate surface area is 116 Å². The first kappa shape index (κ1) is 13.2. The average Bonchev–Trinajstić information content (AvgIpc) is 2.80. The third-order valence-electron chi connectivity index (χ3n) is 5.21. The highest BCUT2D eigenvalue weighted by Crippen LogP contribution is 2.36. The Hall–Kier alpha value is -0.830. The molecule has 0 amide bonds. The second kappa shape index (κ2) is 5.28. The molecule has 1 unspecified atom stereocenters. The Morgan fingerprint density at radius 3 is 2.89 bits per heavy atom. The molecule has 0 spiro atoms. The molecule has 19 heavy (non-hydrogen) atoms. The second-order valence-electron chi connectivity index (χ2n) is 6.87. The fourth-order valence-electron chi connectivity index (χ4n) is 3.87. The molecule has 0 aromatic carbocycles. The van der Waals surface area contributed by atoms with E-state index < -0.39 is 0 Å². The van der Waals surface area contributed by atoms with E-state index in [1.807, 2.05) is 0 Å². The molecule has 2 aliphatic rings. The Kier molecular flexibility index (Phi) is 3.66. The minimum Gasteiger partial charge on any atom is -0.309 e. The SMILES string of the molecule is Cn1ncc2c1CCCC2NCC1(C)CCCCC1. The van der Waals surface area contributed by atoms with Gasteiger partial charge in [0.2, 0.25) is 0 Å². The molecule has 1 heterocycles. The number of hydrogen-bond acceptors (Lipinski definition) is 2. The molecule has 3 rings (SSSR count). The molecule has 0 bridgehead atoms. The van der Waals surface area contributed by atoms with Crippen LogP contribution in [0.5, 0.6) is 0 Å². The van der Waals surface area contributed by atoms with Crippen LogP contribution in [0.3, 0.4) is 0 Å². The number of aromatic nitrogens is 2. The molecule has 3 nitrogen and oxygen atoms in total. The van der Waals surface area contributed by atoms with Crippen molar-refractivity contribution in [3.05, 3.63) is 17.5 Å². The van der Waals surface area contributed by atoms with Crippen molar-refractivity contribution in [1.29, 1.82) is 0 Å². The lowest BCUT2D eigenvalue weighted by Crippen LogP contribution is -2.36. The summed E-state index contributed by atoms with van der Waals surface area (Å²) in [6.45, 7) is 3.64. The molecule has 1 aromatic rings. The lowest BCUT2D eigenvalue weighted by Gasteiger charge is -2.36. The van der Waals surface area contributed by atoms with Gasteiger partial charge in [-0.3, -0.25) is 4.68 Å². The number of aryl methyl sites for hydroxylation is 1. The predicted molar refractivity (Wildman–Crippen MR) is 78.1 cm³/mol. The number of hydrogen-bond donors (Lipinski definition) is 1. The largest absolute Gasteiger partial charge is 0.309 e. The van der Waals surface area contributed by atoms with Crippen LogP contribution in [0, 0.1) is 5.41 Å². The predicted octanol–water partition coefficient (Wildman–Crippen LogP) is 3.36. The Balaban J connectivity index is 1.64. The molecule has 3 heteroatoms. The van der Waals surface area contributed by atoms with E-state index in [-0.39, 0.29) is 0 Å². The van der Waals surface area contributed by atoms with Crippen molar-refractivity contribution in [2.75, 3.05) is 6.54 Å². The van der Waals surface area contributed by atoms with Gasteiger partial charge in [0.25, 0.3) is 0 Å². The van der Waals surface area contributed by atoms with E-state index in [0.29, 0.717) is 11.5 Å². The maximum atomic E-state index is 4.44. The van der Waals surface area contributed by atoms with Crippen molar-refractivity contribution in [1.82, 2.24) is 15.1 Å². The standard InChI is InChI=1S/C16H27N3/c1-16(9-4-3-5-10-16)12-17-14-7-6-8-15-13(14)11-18-19(15)2/h11,14,17H,3-10,12H2,1-2H3. The number of fused-ring (bicyclic) bond motifs is 1. The number of nitrogens with one attached hydrogen (secondary N) is 1. The van der Waals surface area contributed by atoms with Gasteiger partial charge >= 0.3 is 0 Å². The van der Waals surface area contributed by atoms with Crippen LogP contribution in [-0.2, 0) is 13.5 Å². The number of nitrogens with zero attached hydrogens (tertiary/aromatic N) is 2. The van der Waals surface area contributed by atoms with E-state index in [0.717, 1.165) is 0 Å². The van der Waals surface area contributed by atoms with Crippen LogP contribution in [0.2, 0.25) is 0 Å². The molecule has 1 aromatic heterocycles. The monoisotopic (exact) mass is 261 g/mol. The van der Waals surface area contributed by atoms with E-state index >= 15 is 0 Å². The highest BCUT2D eigenvalue weighted by atomic mass is 15.3. The fourth-order valence-corrected chi connectivity index (χ4v) is 3.87. The van der Waals surface area contributed by atoms with Gasteiger partial charge in [0.1, 0.15) is 0 Å². The normalized spacial score (nSPS) is 26.1. The lowest BCUT2D eigenvalue weighted by molar-refractivity contribution is 0.197. The zero-order valence-corrected chi connectivity index (χ0v) is 12.4. The summed E-state index contributed by atoms with van der Waals surface area (Å²) in [6, 6.07) is 0.538. The van der Waals surface area contributed by atoms with Gasteiger partial charge in [0.05, 0.1) is 6.20 Å². The van der Waals surface area contributed by atoms with Crippen molar-refractivity contribution >= 4 is 0 Å². The van der Waals surface area contributed by atoms with Crippen LogP contribution in [-0.4, -0.2) is 16.3 Å².